The van der Waals surface area contributed by atoms with Crippen molar-refractivity contribution in [2.45, 2.75) is 97.9 Å². The molecule has 0 aromatic carbocycles. The van der Waals surface area contributed by atoms with Gasteiger partial charge in [0, 0.05) is 5.92 Å². The maximum atomic E-state index is 12.7. The van der Waals surface area contributed by atoms with Crippen LogP contribution in [0.25, 0.3) is 0 Å². The van der Waals surface area contributed by atoms with Crippen LogP contribution in [0.3, 0.4) is 0 Å². The average Bonchev–Trinajstić information content (AvgIpc) is 2.75. The van der Waals surface area contributed by atoms with Crippen LogP contribution in [0.5, 0.6) is 0 Å². The predicted octanol–water partition coefficient (Wildman–Crippen LogP) is 4.52. The van der Waals surface area contributed by atoms with Gasteiger partial charge in [0.25, 0.3) is 0 Å². The zero-order valence-electron chi connectivity index (χ0n) is 21.4. The fourth-order valence-electron chi connectivity index (χ4n) is 5.85. The highest BCUT2D eigenvalue weighted by Crippen LogP contribution is 2.49. The van der Waals surface area contributed by atoms with Gasteiger partial charge in [-0.1, -0.05) is 46.8 Å². The maximum Gasteiger partial charge on any atom is 0.308 e. The molecule has 0 spiro atoms. The molecule has 0 heterocycles. The molecule has 9 atom stereocenters. The van der Waals surface area contributed by atoms with E-state index in [-0.39, 0.29) is 36.8 Å². The van der Waals surface area contributed by atoms with Crippen molar-refractivity contribution in [1.29, 1.82) is 0 Å². The Hall–Kier alpha value is -1.40. The van der Waals surface area contributed by atoms with Crippen molar-refractivity contribution in [3.63, 3.8) is 0 Å². The SMILES string of the molecule is CC[C@H](C)C(=O)O[C@H]1C[C@@H](C)C[C@@H]2C=C[C@H](C(C)C)[C@H](CC[C@@H](O)C[C@@H](O)CC(=O)OC)[C@@H]12. The van der Waals surface area contributed by atoms with Gasteiger partial charge in [-0.25, -0.2) is 0 Å². The van der Waals surface area contributed by atoms with Crippen LogP contribution >= 0.6 is 0 Å². The summed E-state index contributed by atoms with van der Waals surface area (Å²) >= 11 is 0. The van der Waals surface area contributed by atoms with E-state index >= 15 is 0 Å². The molecule has 1 saturated carbocycles. The molecule has 2 rings (SSSR count). The summed E-state index contributed by atoms with van der Waals surface area (Å²) in [7, 11) is 1.29. The Kier molecular flexibility index (Phi) is 10.9. The fourth-order valence-corrected chi connectivity index (χ4v) is 5.85. The second-order valence-corrected chi connectivity index (χ2v) is 10.9. The third-order valence-corrected chi connectivity index (χ3v) is 7.86. The van der Waals surface area contributed by atoms with Crippen LogP contribution in [0.4, 0.5) is 0 Å². The number of aliphatic hydroxyl groups is 2. The van der Waals surface area contributed by atoms with Crippen LogP contribution in [0.1, 0.15) is 79.6 Å². The predicted molar refractivity (Wildman–Crippen MR) is 128 cm³/mol. The summed E-state index contributed by atoms with van der Waals surface area (Å²) in [6, 6.07) is 0. The molecular weight excluding hydrogens is 420 g/mol. The molecule has 0 bridgehead atoms. The second kappa shape index (κ2) is 12.9. The molecule has 2 aliphatic rings. The van der Waals surface area contributed by atoms with Crippen molar-refractivity contribution in [3.05, 3.63) is 12.2 Å². The minimum Gasteiger partial charge on any atom is -0.469 e. The van der Waals surface area contributed by atoms with Gasteiger partial charge in [-0.2, -0.15) is 0 Å². The van der Waals surface area contributed by atoms with E-state index < -0.39 is 18.2 Å². The summed E-state index contributed by atoms with van der Waals surface area (Å²) < 4.78 is 10.7. The Morgan fingerprint density at radius 2 is 1.79 bits per heavy atom. The molecule has 0 aliphatic heterocycles. The molecule has 6 heteroatoms. The van der Waals surface area contributed by atoms with E-state index in [4.69, 9.17) is 4.74 Å². The zero-order chi connectivity index (χ0) is 24.7. The van der Waals surface area contributed by atoms with Crippen molar-refractivity contribution in [2.75, 3.05) is 7.11 Å². The number of allylic oxidation sites excluding steroid dienone is 2. The van der Waals surface area contributed by atoms with E-state index in [0.29, 0.717) is 36.0 Å². The second-order valence-electron chi connectivity index (χ2n) is 10.9. The first kappa shape index (κ1) is 27.8. The minimum atomic E-state index is -0.910. The van der Waals surface area contributed by atoms with E-state index in [1.165, 1.54) is 7.11 Å². The van der Waals surface area contributed by atoms with E-state index in [9.17, 15) is 19.8 Å². The van der Waals surface area contributed by atoms with Gasteiger partial charge in [0.15, 0.2) is 0 Å². The first-order valence-corrected chi connectivity index (χ1v) is 12.9. The number of hydrogen-bond acceptors (Lipinski definition) is 6. The largest absolute Gasteiger partial charge is 0.469 e. The highest BCUT2D eigenvalue weighted by atomic mass is 16.5. The van der Waals surface area contributed by atoms with Crippen LogP contribution in [-0.2, 0) is 19.1 Å². The molecule has 1 fully saturated rings. The Morgan fingerprint density at radius 1 is 1.09 bits per heavy atom. The lowest BCUT2D eigenvalue weighted by Crippen LogP contribution is -2.47. The molecule has 0 aromatic heterocycles. The molecule has 6 nitrogen and oxygen atoms in total. The van der Waals surface area contributed by atoms with Crippen LogP contribution in [0.15, 0.2) is 12.2 Å². The van der Waals surface area contributed by atoms with E-state index in [1.54, 1.807) is 0 Å². The van der Waals surface area contributed by atoms with Gasteiger partial charge in [-0.15, -0.1) is 0 Å². The lowest BCUT2D eigenvalue weighted by atomic mass is 9.58. The van der Waals surface area contributed by atoms with Crippen LogP contribution in [0, 0.1) is 41.4 Å². The molecule has 0 saturated heterocycles. The monoisotopic (exact) mass is 466 g/mol. The number of carbonyl (C=O) groups excluding carboxylic acids is 2. The van der Waals surface area contributed by atoms with Crippen LogP contribution in [0.2, 0.25) is 0 Å². The van der Waals surface area contributed by atoms with Crippen LogP contribution in [-0.4, -0.2) is 47.6 Å². The van der Waals surface area contributed by atoms with E-state index in [0.717, 1.165) is 25.7 Å². The number of fused-ring (bicyclic) bond motifs is 1. The highest BCUT2D eigenvalue weighted by Gasteiger charge is 2.46. The molecule has 2 N–H and O–H groups in total. The summed E-state index contributed by atoms with van der Waals surface area (Å²) in [5, 5.41) is 20.7. The van der Waals surface area contributed by atoms with Crippen LogP contribution < -0.4 is 0 Å². The van der Waals surface area contributed by atoms with Gasteiger partial charge < -0.3 is 19.7 Å². The number of carbonyl (C=O) groups is 2. The number of rotatable bonds is 11. The lowest BCUT2D eigenvalue weighted by Gasteiger charge is -2.49. The molecule has 0 radical (unpaired) electrons. The van der Waals surface area contributed by atoms with Gasteiger partial charge in [0.05, 0.1) is 31.7 Å². The number of ether oxygens (including phenoxy) is 2. The zero-order valence-corrected chi connectivity index (χ0v) is 21.4. The van der Waals surface area contributed by atoms with E-state index in [1.807, 2.05) is 13.8 Å². The van der Waals surface area contributed by atoms with Crippen molar-refractivity contribution < 1.29 is 29.3 Å². The maximum absolute atomic E-state index is 12.7. The number of methoxy groups -OCH3 is 1. The summed E-state index contributed by atoms with van der Waals surface area (Å²) in [4.78, 5) is 24.1. The van der Waals surface area contributed by atoms with E-state index in [2.05, 4.69) is 37.7 Å². The molecule has 0 unspecified atom stereocenters. The molecule has 0 aromatic rings. The Bertz CT molecular complexity index is 659. The van der Waals surface area contributed by atoms with Crippen molar-refractivity contribution in [2.24, 2.45) is 41.4 Å². The highest BCUT2D eigenvalue weighted by molar-refractivity contribution is 5.72. The molecule has 0 amide bonds. The average molecular weight is 467 g/mol. The quantitative estimate of drug-likeness (QED) is 0.343. The van der Waals surface area contributed by atoms with Gasteiger partial charge >= 0.3 is 11.9 Å². The minimum absolute atomic E-state index is 0.0986. The molecule has 190 valence electrons. The smallest absolute Gasteiger partial charge is 0.308 e. The van der Waals surface area contributed by atoms with Gasteiger partial charge in [0.2, 0.25) is 0 Å². The van der Waals surface area contributed by atoms with Gasteiger partial charge in [-0.3, -0.25) is 9.59 Å². The number of aliphatic hydroxyl groups excluding tert-OH is 2. The first-order chi connectivity index (χ1) is 15.6. The van der Waals surface area contributed by atoms with Crippen molar-refractivity contribution in [3.8, 4) is 0 Å². The Labute approximate surface area is 200 Å². The summed E-state index contributed by atoms with van der Waals surface area (Å²) in [5.41, 5.74) is 0. The normalized spacial score (nSPS) is 32.0. The molecule has 33 heavy (non-hydrogen) atoms. The summed E-state index contributed by atoms with van der Waals surface area (Å²) in [6.07, 6.45) is 7.15. The number of esters is 2. The Morgan fingerprint density at radius 3 is 2.39 bits per heavy atom. The third kappa shape index (κ3) is 7.81. The standard InChI is InChI=1S/C27H46O6/c1-7-18(5)27(31)33-24-13-17(4)12-19-8-10-22(16(2)3)23(26(19)24)11-9-20(28)14-21(29)15-25(30)32-6/h8,10,16-24,26,28-29H,7,9,11-15H2,1-6H3/t17-,18-,19-,20+,21+,22+,23-,24-,26-/m0/s1. The number of hydrogen-bond donors (Lipinski definition) is 2. The van der Waals surface area contributed by atoms with Gasteiger partial charge in [-0.05, 0) is 68.1 Å². The molecular formula is C27H46O6. The topological polar surface area (TPSA) is 93.1 Å². The molecule has 2 aliphatic carbocycles. The Balaban J connectivity index is 2.14. The fraction of sp³-hybridized carbons (Fsp3) is 0.852. The van der Waals surface area contributed by atoms with Crippen molar-refractivity contribution >= 4 is 11.9 Å². The van der Waals surface area contributed by atoms with Crippen molar-refractivity contribution in [1.82, 2.24) is 0 Å². The lowest BCUT2D eigenvalue weighted by molar-refractivity contribution is -0.164. The van der Waals surface area contributed by atoms with Gasteiger partial charge in [0.1, 0.15) is 6.10 Å². The summed E-state index contributed by atoms with van der Waals surface area (Å²) in [5.74, 6) is 1.56. The summed E-state index contributed by atoms with van der Waals surface area (Å²) in [6.45, 7) is 10.6. The third-order valence-electron chi connectivity index (χ3n) is 7.86. The first-order valence-electron chi connectivity index (χ1n) is 12.9.